The third-order valence-corrected chi connectivity index (χ3v) is 7.90. The molecule has 4 aromatic rings. The van der Waals surface area contributed by atoms with Crippen LogP contribution < -0.4 is 18.9 Å². The van der Waals surface area contributed by atoms with Crippen molar-refractivity contribution in [3.8, 4) is 11.1 Å². The number of hydrogen-bond donors (Lipinski definition) is 2. The first-order chi connectivity index (χ1) is 17.4. The second-order valence-electron chi connectivity index (χ2n) is 10.9. The Morgan fingerprint density at radius 3 is 2.47 bits per heavy atom. The maximum absolute atomic E-state index is 11.9. The topological polar surface area (TPSA) is 101 Å². The Labute approximate surface area is 234 Å². The van der Waals surface area contributed by atoms with Gasteiger partial charge in [-0.1, -0.05) is 17.7 Å². The molecule has 7 rings (SSSR count). The predicted octanol–water partition coefficient (Wildman–Crippen LogP) is 1.56. The number of imidazole rings is 1. The van der Waals surface area contributed by atoms with Gasteiger partial charge in [-0.2, -0.15) is 6.07 Å². The summed E-state index contributed by atoms with van der Waals surface area (Å²) in [4.78, 5) is 25.6. The quantitative estimate of drug-likeness (QED) is 0.319. The zero-order chi connectivity index (χ0) is 24.7. The summed E-state index contributed by atoms with van der Waals surface area (Å²) in [7, 11) is 0. The number of nitrogens with zero attached hydrogens (tertiary/aromatic N) is 4. The van der Waals surface area contributed by atoms with Gasteiger partial charge in [0.2, 0.25) is 0 Å². The minimum atomic E-state index is -1.18. The van der Waals surface area contributed by atoms with Crippen LogP contribution in [0, 0.1) is 13.8 Å². The van der Waals surface area contributed by atoms with E-state index >= 15 is 0 Å². The first-order valence-corrected chi connectivity index (χ1v) is 12.5. The molecular formula is C30H29LiN4O3-2. The van der Waals surface area contributed by atoms with Crippen molar-refractivity contribution in [1.82, 2.24) is 19.5 Å². The Morgan fingerprint density at radius 1 is 1.08 bits per heavy atom. The van der Waals surface area contributed by atoms with Crippen molar-refractivity contribution in [1.29, 1.82) is 0 Å². The van der Waals surface area contributed by atoms with Gasteiger partial charge in [-0.3, -0.25) is 4.98 Å². The molecule has 2 N–H and O–H groups in total. The summed E-state index contributed by atoms with van der Waals surface area (Å²) in [6, 6.07) is 12.1. The van der Waals surface area contributed by atoms with E-state index in [-0.39, 0.29) is 45.2 Å². The van der Waals surface area contributed by atoms with Crippen molar-refractivity contribution in [3.05, 3.63) is 91.0 Å². The minimum Gasteiger partial charge on any atom is -0.390 e. The summed E-state index contributed by atoms with van der Waals surface area (Å²) in [5, 5.41) is 20.8. The van der Waals surface area contributed by atoms with Crippen LogP contribution in [0.25, 0.3) is 22.2 Å². The second-order valence-corrected chi connectivity index (χ2v) is 10.9. The van der Waals surface area contributed by atoms with Gasteiger partial charge >= 0.3 is 18.9 Å². The number of aliphatic hydroxyl groups is 2. The third-order valence-electron chi connectivity index (χ3n) is 7.90. The van der Waals surface area contributed by atoms with Crippen molar-refractivity contribution < 1.29 is 33.9 Å². The molecule has 0 saturated heterocycles. The van der Waals surface area contributed by atoms with Gasteiger partial charge in [0.05, 0.1) is 22.9 Å². The number of aromatic nitrogens is 4. The zero-order valence-electron chi connectivity index (χ0n) is 22.0. The molecule has 2 saturated carbocycles. The molecule has 0 amide bonds. The van der Waals surface area contributed by atoms with E-state index in [0.29, 0.717) is 17.3 Å². The minimum absolute atomic E-state index is 0. The van der Waals surface area contributed by atoms with Crippen LogP contribution in [0.5, 0.6) is 0 Å². The SMILES string of the molecule is CC1(O)CC(O)(c2ncc(-c3ccc4nc5n(c4c3)[C@@H](c3c([C-]=O)cccc3C3CC3)C[CH-]5)cn2)C1.[CH3-].[Li+]. The summed E-state index contributed by atoms with van der Waals surface area (Å²) in [6.07, 6.45) is 11.4. The van der Waals surface area contributed by atoms with Crippen LogP contribution in [-0.2, 0) is 10.4 Å². The molecule has 2 aromatic carbocycles. The molecule has 0 radical (unpaired) electrons. The van der Waals surface area contributed by atoms with Crippen LogP contribution in [-0.4, -0.2) is 41.6 Å². The Balaban J connectivity index is 0.00000147. The van der Waals surface area contributed by atoms with Crippen molar-refractivity contribution in [2.24, 2.45) is 0 Å². The van der Waals surface area contributed by atoms with Crippen molar-refractivity contribution in [2.75, 3.05) is 0 Å². The van der Waals surface area contributed by atoms with Gasteiger partial charge in [-0.15, -0.1) is 23.6 Å². The van der Waals surface area contributed by atoms with E-state index in [1.54, 1.807) is 19.3 Å². The summed E-state index contributed by atoms with van der Waals surface area (Å²) >= 11 is 0. The molecule has 3 heterocycles. The smallest absolute Gasteiger partial charge is 0.390 e. The molecule has 3 aliphatic rings. The maximum Gasteiger partial charge on any atom is 1.00 e. The second kappa shape index (κ2) is 9.35. The molecule has 2 fully saturated rings. The number of fused-ring (bicyclic) bond motifs is 3. The average Bonchev–Trinajstić information content (AvgIpc) is 3.53. The van der Waals surface area contributed by atoms with Gasteiger partial charge in [0.15, 0.2) is 5.82 Å². The summed E-state index contributed by atoms with van der Waals surface area (Å²) in [5.74, 6) is 1.78. The van der Waals surface area contributed by atoms with Crippen molar-refractivity contribution >= 4 is 17.3 Å². The van der Waals surface area contributed by atoms with Gasteiger partial charge in [0.1, 0.15) is 5.60 Å². The summed E-state index contributed by atoms with van der Waals surface area (Å²) in [5.41, 5.74) is 4.61. The molecule has 2 aromatic heterocycles. The Hall–Kier alpha value is -2.95. The summed E-state index contributed by atoms with van der Waals surface area (Å²) < 4.78 is 2.25. The molecule has 7 nitrogen and oxygen atoms in total. The number of benzene rings is 2. The Morgan fingerprint density at radius 2 is 1.82 bits per heavy atom. The van der Waals surface area contributed by atoms with E-state index in [0.717, 1.165) is 52.8 Å². The molecule has 38 heavy (non-hydrogen) atoms. The molecule has 8 heteroatoms. The summed E-state index contributed by atoms with van der Waals surface area (Å²) in [6.45, 7) is 1.71. The Kier molecular flexibility index (Phi) is 6.56. The largest absolute Gasteiger partial charge is 1.00 e. The average molecular weight is 501 g/mol. The van der Waals surface area contributed by atoms with Crippen molar-refractivity contribution in [2.45, 2.75) is 62.2 Å². The van der Waals surface area contributed by atoms with E-state index in [9.17, 15) is 15.0 Å². The van der Waals surface area contributed by atoms with Gasteiger partial charge in [-0.25, -0.2) is 9.97 Å². The van der Waals surface area contributed by atoms with E-state index in [1.807, 2.05) is 24.3 Å². The fraction of sp³-hybridized carbons (Fsp3) is 0.333. The fourth-order valence-electron chi connectivity index (χ4n) is 6.21. The van der Waals surface area contributed by atoms with Gasteiger partial charge < -0.3 is 33.4 Å². The first-order valence-electron chi connectivity index (χ1n) is 12.5. The molecule has 1 aliphatic heterocycles. The van der Waals surface area contributed by atoms with E-state index < -0.39 is 11.2 Å². The molecule has 1 atom stereocenters. The standard InChI is InChI=1S/C29H26N4O3.CH3.Li/c1-28(35)15-29(36,16-28)27-30-12-20(13-31-27)18-7-8-22-24(11-18)33-23(9-10-25(33)32-22)26-19(14-34)3-2-4-21(26)17-5-6-17;;/h2-4,7-8,10-13,17,23,35-36H,5-6,9,15-16H2,1H3;1H3;/q-2;-1;+1/t23-,28?,29?;;/m1../s1. The number of rotatable bonds is 5. The zero-order valence-corrected chi connectivity index (χ0v) is 22.0. The first kappa shape index (κ1) is 26.6. The van der Waals surface area contributed by atoms with E-state index in [4.69, 9.17) is 4.98 Å². The maximum atomic E-state index is 11.9. The van der Waals surface area contributed by atoms with Gasteiger partial charge in [-0.05, 0) is 55.2 Å². The van der Waals surface area contributed by atoms with Crippen LogP contribution in [0.1, 0.15) is 79.3 Å². The van der Waals surface area contributed by atoms with Crippen LogP contribution >= 0.6 is 0 Å². The van der Waals surface area contributed by atoms with Crippen LogP contribution in [0.3, 0.4) is 0 Å². The van der Waals surface area contributed by atoms with Gasteiger partial charge in [0, 0.05) is 30.8 Å². The molecule has 0 spiro atoms. The predicted molar refractivity (Wildman–Crippen MR) is 140 cm³/mol. The Bertz CT molecular complexity index is 1520. The van der Waals surface area contributed by atoms with E-state index in [2.05, 4.69) is 39.4 Å². The van der Waals surface area contributed by atoms with Crippen LogP contribution in [0.4, 0.5) is 0 Å². The molecular weight excluding hydrogens is 471 g/mol. The van der Waals surface area contributed by atoms with Crippen molar-refractivity contribution in [3.63, 3.8) is 0 Å². The van der Waals surface area contributed by atoms with Gasteiger partial charge in [0.25, 0.3) is 0 Å². The molecule has 190 valence electrons. The third kappa shape index (κ3) is 4.19. The van der Waals surface area contributed by atoms with Crippen LogP contribution in [0.15, 0.2) is 48.8 Å². The molecule has 0 unspecified atom stereocenters. The number of hydrogen-bond acceptors (Lipinski definition) is 6. The normalized spacial score (nSPS) is 25.5. The number of carbonyl (C=O) groups excluding carboxylic acids is 1. The fourth-order valence-corrected chi connectivity index (χ4v) is 6.21. The monoisotopic (exact) mass is 500 g/mol. The molecule has 0 bridgehead atoms. The van der Waals surface area contributed by atoms with E-state index in [1.165, 1.54) is 5.56 Å². The molecule has 2 aliphatic carbocycles. The van der Waals surface area contributed by atoms with Crippen LogP contribution in [0.2, 0.25) is 0 Å².